The summed E-state index contributed by atoms with van der Waals surface area (Å²) in [5, 5.41) is 0. The zero-order valence-electron chi connectivity index (χ0n) is 15.1. The van der Waals surface area contributed by atoms with Crippen LogP contribution in [0.5, 0.6) is 0 Å². The molecule has 2 aromatic rings. The Hall–Kier alpha value is -2.34. The highest BCUT2D eigenvalue weighted by molar-refractivity contribution is 5.31. The zero-order chi connectivity index (χ0) is 17.3. The average Bonchev–Trinajstić information content (AvgIpc) is 2.70. The van der Waals surface area contributed by atoms with E-state index in [1.165, 1.54) is 29.5 Å². The summed E-state index contributed by atoms with van der Waals surface area (Å²) in [6, 6.07) is 22.0. The summed E-state index contributed by atoms with van der Waals surface area (Å²) in [4.78, 5) is 0. The van der Waals surface area contributed by atoms with Gasteiger partial charge in [0.15, 0.2) is 0 Å². The summed E-state index contributed by atoms with van der Waals surface area (Å²) in [7, 11) is 0. The van der Waals surface area contributed by atoms with E-state index in [0.29, 0.717) is 11.8 Å². The first kappa shape index (κ1) is 17.5. The molecule has 1 aliphatic rings. The molecule has 0 bridgehead atoms. The Morgan fingerprint density at radius 2 is 1.48 bits per heavy atom. The summed E-state index contributed by atoms with van der Waals surface area (Å²) in [6.45, 7) is 2.31. The van der Waals surface area contributed by atoms with Gasteiger partial charge in [-0.3, -0.25) is 0 Å². The molecule has 128 valence electrons. The summed E-state index contributed by atoms with van der Waals surface area (Å²) >= 11 is 0. The van der Waals surface area contributed by atoms with Crippen molar-refractivity contribution in [2.75, 3.05) is 0 Å². The van der Waals surface area contributed by atoms with Crippen molar-refractivity contribution in [3.8, 4) is 0 Å². The Morgan fingerprint density at radius 1 is 0.840 bits per heavy atom. The second kappa shape index (κ2) is 9.22. The molecule has 3 rings (SSSR count). The van der Waals surface area contributed by atoms with E-state index in [9.17, 15) is 0 Å². The van der Waals surface area contributed by atoms with Crippen molar-refractivity contribution in [1.82, 2.24) is 0 Å². The van der Waals surface area contributed by atoms with Gasteiger partial charge in [-0.25, -0.2) is 0 Å². The SMILES string of the molecule is CCC(CC(CC=C1C=CC=CC1)c1ccccc1)c1ccccc1. The Bertz CT molecular complexity index is 719. The van der Waals surface area contributed by atoms with Crippen molar-refractivity contribution >= 4 is 0 Å². The average molecular weight is 328 g/mol. The number of allylic oxidation sites excluding steroid dienone is 6. The molecule has 2 aromatic carbocycles. The third kappa shape index (κ3) is 5.06. The van der Waals surface area contributed by atoms with Crippen molar-refractivity contribution in [1.29, 1.82) is 0 Å². The van der Waals surface area contributed by atoms with E-state index >= 15 is 0 Å². The maximum atomic E-state index is 2.44. The van der Waals surface area contributed by atoms with Crippen molar-refractivity contribution in [2.24, 2.45) is 0 Å². The van der Waals surface area contributed by atoms with Gasteiger partial charge in [-0.2, -0.15) is 0 Å². The fraction of sp³-hybridized carbons (Fsp3) is 0.280. The first-order valence-corrected chi connectivity index (χ1v) is 9.49. The lowest BCUT2D eigenvalue weighted by atomic mass is 9.81. The smallest absolute Gasteiger partial charge is 0.00975 e. The minimum Gasteiger partial charge on any atom is -0.0804 e. The fourth-order valence-corrected chi connectivity index (χ4v) is 3.68. The lowest BCUT2D eigenvalue weighted by Gasteiger charge is -2.23. The van der Waals surface area contributed by atoms with Gasteiger partial charge in [-0.15, -0.1) is 0 Å². The van der Waals surface area contributed by atoms with Gasteiger partial charge in [0, 0.05) is 0 Å². The van der Waals surface area contributed by atoms with E-state index in [0.717, 1.165) is 12.8 Å². The highest BCUT2D eigenvalue weighted by Gasteiger charge is 2.18. The van der Waals surface area contributed by atoms with Crippen LogP contribution in [0.25, 0.3) is 0 Å². The molecule has 0 saturated carbocycles. The predicted molar refractivity (Wildman–Crippen MR) is 109 cm³/mol. The second-order valence-electron chi connectivity index (χ2n) is 6.87. The lowest BCUT2D eigenvalue weighted by Crippen LogP contribution is -2.06. The molecule has 0 aromatic heterocycles. The summed E-state index contributed by atoms with van der Waals surface area (Å²) in [5.74, 6) is 1.18. The molecular formula is C25H28. The van der Waals surface area contributed by atoms with Gasteiger partial charge in [-0.05, 0) is 54.2 Å². The van der Waals surface area contributed by atoms with Crippen LogP contribution < -0.4 is 0 Å². The van der Waals surface area contributed by atoms with E-state index < -0.39 is 0 Å². The van der Waals surface area contributed by atoms with Gasteiger partial charge in [0.25, 0.3) is 0 Å². The third-order valence-corrected chi connectivity index (χ3v) is 5.18. The Balaban J connectivity index is 1.78. The highest BCUT2D eigenvalue weighted by atomic mass is 14.2. The standard InChI is InChI=1S/C25H28/c1-2-22(23-14-8-4-9-15-23)20-25(24-16-10-5-11-17-24)19-18-21-12-6-3-7-13-21/h3-12,14-18,22,25H,2,13,19-20H2,1H3. The van der Waals surface area contributed by atoms with Crippen molar-refractivity contribution in [2.45, 2.75) is 44.4 Å². The quantitative estimate of drug-likeness (QED) is 0.504. The van der Waals surface area contributed by atoms with Crippen molar-refractivity contribution in [3.63, 3.8) is 0 Å². The Morgan fingerprint density at radius 3 is 2.04 bits per heavy atom. The van der Waals surface area contributed by atoms with E-state index in [-0.39, 0.29) is 0 Å². The lowest BCUT2D eigenvalue weighted by molar-refractivity contribution is 0.521. The molecule has 0 heterocycles. The predicted octanol–water partition coefficient (Wildman–Crippen LogP) is 7.19. The van der Waals surface area contributed by atoms with E-state index in [1.54, 1.807) is 0 Å². The fourth-order valence-electron chi connectivity index (χ4n) is 3.68. The van der Waals surface area contributed by atoms with E-state index in [2.05, 4.69) is 98.0 Å². The molecule has 2 atom stereocenters. The van der Waals surface area contributed by atoms with Gasteiger partial charge in [-0.1, -0.05) is 98.0 Å². The molecule has 0 nitrogen and oxygen atoms in total. The van der Waals surface area contributed by atoms with Gasteiger partial charge in [0.2, 0.25) is 0 Å². The number of benzene rings is 2. The highest BCUT2D eigenvalue weighted by Crippen LogP contribution is 2.35. The molecule has 0 N–H and O–H groups in total. The van der Waals surface area contributed by atoms with Crippen LogP contribution >= 0.6 is 0 Å². The molecule has 1 aliphatic carbocycles. The Labute approximate surface area is 152 Å². The number of hydrogen-bond acceptors (Lipinski definition) is 0. The van der Waals surface area contributed by atoms with Crippen LogP contribution in [0.2, 0.25) is 0 Å². The maximum absolute atomic E-state index is 2.44. The van der Waals surface area contributed by atoms with Gasteiger partial charge >= 0.3 is 0 Å². The van der Waals surface area contributed by atoms with Crippen LogP contribution in [0, 0.1) is 0 Å². The van der Waals surface area contributed by atoms with Crippen molar-refractivity contribution in [3.05, 3.63) is 108 Å². The number of rotatable bonds is 7. The molecule has 25 heavy (non-hydrogen) atoms. The molecule has 0 amide bonds. The van der Waals surface area contributed by atoms with Gasteiger partial charge < -0.3 is 0 Å². The minimum absolute atomic E-state index is 0.568. The molecular weight excluding hydrogens is 300 g/mol. The molecule has 0 spiro atoms. The molecule has 0 fully saturated rings. The summed E-state index contributed by atoms with van der Waals surface area (Å²) in [6.07, 6.45) is 15.8. The van der Waals surface area contributed by atoms with Crippen LogP contribution in [0.3, 0.4) is 0 Å². The zero-order valence-corrected chi connectivity index (χ0v) is 15.1. The van der Waals surface area contributed by atoms with Gasteiger partial charge in [0.05, 0.1) is 0 Å². The van der Waals surface area contributed by atoms with Crippen LogP contribution in [0.1, 0.15) is 55.6 Å². The van der Waals surface area contributed by atoms with Gasteiger partial charge in [0.1, 0.15) is 0 Å². The second-order valence-corrected chi connectivity index (χ2v) is 6.87. The topological polar surface area (TPSA) is 0 Å². The molecule has 0 saturated heterocycles. The minimum atomic E-state index is 0.568. The Kier molecular flexibility index (Phi) is 6.45. The van der Waals surface area contributed by atoms with E-state index in [1.807, 2.05) is 0 Å². The van der Waals surface area contributed by atoms with Crippen LogP contribution in [0.15, 0.2) is 96.6 Å². The van der Waals surface area contributed by atoms with Crippen LogP contribution in [-0.2, 0) is 0 Å². The molecule has 2 unspecified atom stereocenters. The molecule has 0 aliphatic heterocycles. The summed E-state index contributed by atoms with van der Waals surface area (Å²) < 4.78 is 0. The normalized spacial score (nSPS) is 17.6. The van der Waals surface area contributed by atoms with Crippen LogP contribution in [-0.4, -0.2) is 0 Å². The summed E-state index contributed by atoms with van der Waals surface area (Å²) in [5.41, 5.74) is 4.37. The molecule has 0 radical (unpaired) electrons. The first-order chi connectivity index (χ1) is 12.4. The molecule has 0 heteroatoms. The largest absolute Gasteiger partial charge is 0.0804 e. The monoisotopic (exact) mass is 328 g/mol. The van der Waals surface area contributed by atoms with Crippen LogP contribution in [0.4, 0.5) is 0 Å². The van der Waals surface area contributed by atoms with E-state index in [4.69, 9.17) is 0 Å². The number of hydrogen-bond donors (Lipinski definition) is 0. The van der Waals surface area contributed by atoms with Crippen molar-refractivity contribution < 1.29 is 0 Å². The first-order valence-electron chi connectivity index (χ1n) is 9.49. The maximum Gasteiger partial charge on any atom is -0.00975 e. The third-order valence-electron chi connectivity index (χ3n) is 5.18.